The molecule has 0 radical (unpaired) electrons. The van der Waals surface area contributed by atoms with Crippen LogP contribution in [-0.4, -0.2) is 7.48 Å². The number of halogens is 1. The maximum Gasteiger partial charge on any atom is 0.313 e. The van der Waals surface area contributed by atoms with Crippen molar-refractivity contribution in [3.05, 3.63) is 29.8 Å². The molecule has 1 aromatic carbocycles. The quantitative estimate of drug-likeness (QED) is 0.476. The summed E-state index contributed by atoms with van der Waals surface area (Å²) in [5.74, 6) is 0. The van der Waals surface area contributed by atoms with Crippen LogP contribution in [0.15, 0.2) is 24.3 Å². The van der Waals surface area contributed by atoms with Crippen LogP contribution in [-0.2, 0) is 4.65 Å². The van der Waals surface area contributed by atoms with Crippen molar-refractivity contribution in [3.63, 3.8) is 0 Å². The molecule has 0 bridgehead atoms. The Balaban J connectivity index is 2.51. The fourth-order valence-corrected chi connectivity index (χ4v) is 1.14. The average Bonchev–Trinajstić information content (AvgIpc) is 2.34. The fourth-order valence-electron chi connectivity index (χ4n) is 1.14. The van der Waals surface area contributed by atoms with Crippen molar-refractivity contribution in [2.24, 2.45) is 0 Å². The highest BCUT2D eigenvalue weighted by atomic mass is 19.1. The van der Waals surface area contributed by atoms with E-state index in [0.29, 0.717) is 13.0 Å². The second-order valence-corrected chi connectivity index (χ2v) is 2.33. The van der Waals surface area contributed by atoms with Crippen LogP contribution in [0.5, 0.6) is 0 Å². The van der Waals surface area contributed by atoms with E-state index in [0.717, 1.165) is 5.46 Å². The molecule has 0 aromatic heterocycles. The summed E-state index contributed by atoms with van der Waals surface area (Å²) in [4.78, 5) is 0. The summed E-state index contributed by atoms with van der Waals surface area (Å²) >= 11 is 0. The summed E-state index contributed by atoms with van der Waals surface area (Å²) in [6.45, 7) is 0. The molecule has 1 nitrogen and oxygen atoms in total. The fraction of sp³-hybridized carbons (Fsp3) is 0.143. The summed E-state index contributed by atoms with van der Waals surface area (Å²) in [6, 6.07) is 7.35. The molecule has 10 heavy (non-hydrogen) atoms. The first-order valence-corrected chi connectivity index (χ1v) is 3.21. The van der Waals surface area contributed by atoms with E-state index in [2.05, 4.69) is 0 Å². The van der Waals surface area contributed by atoms with E-state index in [4.69, 9.17) is 4.65 Å². The summed E-state index contributed by atoms with van der Waals surface area (Å²) in [6.07, 6.45) is -1.20. The molecule has 1 aliphatic rings. The van der Waals surface area contributed by atoms with E-state index in [1.54, 1.807) is 6.07 Å². The van der Waals surface area contributed by atoms with Crippen molar-refractivity contribution in [1.29, 1.82) is 0 Å². The van der Waals surface area contributed by atoms with E-state index >= 15 is 0 Å². The Morgan fingerprint density at radius 3 is 3.00 bits per heavy atom. The molecule has 3 heteroatoms. The third-order valence-electron chi connectivity index (χ3n) is 1.68. The lowest BCUT2D eigenvalue weighted by Gasteiger charge is -1.98. The molecule has 0 saturated heterocycles. The van der Waals surface area contributed by atoms with E-state index in [1.807, 2.05) is 18.2 Å². The normalized spacial score (nSPS) is 21.9. The van der Waals surface area contributed by atoms with Crippen LogP contribution in [0.25, 0.3) is 0 Å². The molecule has 0 spiro atoms. The summed E-state index contributed by atoms with van der Waals surface area (Å²) < 4.78 is 17.5. The van der Waals surface area contributed by atoms with E-state index in [-0.39, 0.29) is 0 Å². The van der Waals surface area contributed by atoms with Crippen molar-refractivity contribution in [1.82, 2.24) is 0 Å². The standard InChI is InChI=1S/C7H6BFO/c9-7-5-3-1-2-4-6(5)8-10-7/h1-4,7-8H. The molecule has 1 aliphatic heterocycles. The number of benzene rings is 1. The maximum absolute atomic E-state index is 12.7. The highest BCUT2D eigenvalue weighted by Crippen LogP contribution is 2.20. The molecule has 0 N–H and O–H groups in total. The first-order chi connectivity index (χ1) is 4.88. The Hall–Kier alpha value is -0.825. The van der Waals surface area contributed by atoms with Gasteiger partial charge in [0.25, 0.3) is 0 Å². The van der Waals surface area contributed by atoms with Crippen LogP contribution >= 0.6 is 0 Å². The molecule has 1 atom stereocenters. The molecule has 50 valence electrons. The second-order valence-electron chi connectivity index (χ2n) is 2.33. The van der Waals surface area contributed by atoms with Gasteiger partial charge in [0.1, 0.15) is 0 Å². The van der Waals surface area contributed by atoms with E-state index < -0.39 is 6.36 Å². The number of fused-ring (bicyclic) bond motifs is 1. The Morgan fingerprint density at radius 2 is 2.20 bits per heavy atom. The summed E-state index contributed by atoms with van der Waals surface area (Å²) in [7, 11) is 0.414. The van der Waals surface area contributed by atoms with Crippen molar-refractivity contribution in [2.45, 2.75) is 6.36 Å². The number of hydrogen-bond acceptors (Lipinski definition) is 1. The monoisotopic (exact) mass is 136 g/mol. The predicted octanol–water partition coefficient (Wildman–Crippen LogP) is 0.662. The van der Waals surface area contributed by atoms with Crippen molar-refractivity contribution in [3.8, 4) is 0 Å². The zero-order chi connectivity index (χ0) is 6.97. The van der Waals surface area contributed by atoms with Gasteiger partial charge >= 0.3 is 7.48 Å². The summed E-state index contributed by atoms with van der Waals surface area (Å²) in [5.41, 5.74) is 1.65. The number of rotatable bonds is 0. The zero-order valence-corrected chi connectivity index (χ0v) is 5.38. The van der Waals surface area contributed by atoms with E-state index in [1.165, 1.54) is 0 Å². The largest absolute Gasteiger partial charge is 0.404 e. The molecule has 0 aliphatic carbocycles. The van der Waals surface area contributed by atoms with Crippen LogP contribution in [0.4, 0.5) is 4.39 Å². The first kappa shape index (κ1) is 5.92. The van der Waals surface area contributed by atoms with Crippen LogP contribution in [0.3, 0.4) is 0 Å². The molecular weight excluding hydrogens is 130 g/mol. The molecule has 2 rings (SSSR count). The van der Waals surface area contributed by atoms with Crippen molar-refractivity contribution < 1.29 is 9.04 Å². The minimum Gasteiger partial charge on any atom is -0.404 e. The van der Waals surface area contributed by atoms with Gasteiger partial charge in [-0.2, -0.15) is 0 Å². The molecule has 0 amide bonds. The van der Waals surface area contributed by atoms with Crippen LogP contribution in [0.2, 0.25) is 0 Å². The highest BCUT2D eigenvalue weighted by molar-refractivity contribution is 6.49. The Bertz CT molecular complexity index is 251. The summed E-state index contributed by atoms with van der Waals surface area (Å²) in [5, 5.41) is 0. The Morgan fingerprint density at radius 1 is 1.40 bits per heavy atom. The number of hydrogen-bond donors (Lipinski definition) is 0. The van der Waals surface area contributed by atoms with Gasteiger partial charge in [-0.1, -0.05) is 24.3 Å². The average molecular weight is 136 g/mol. The van der Waals surface area contributed by atoms with Gasteiger partial charge in [0.15, 0.2) is 0 Å². The van der Waals surface area contributed by atoms with Gasteiger partial charge in [0, 0.05) is 5.56 Å². The third kappa shape index (κ3) is 0.744. The SMILES string of the molecule is FC1OBc2ccccc21. The van der Waals surface area contributed by atoms with Gasteiger partial charge in [-0.25, -0.2) is 4.39 Å². The van der Waals surface area contributed by atoms with Crippen LogP contribution in [0, 0.1) is 0 Å². The lowest BCUT2D eigenvalue weighted by molar-refractivity contribution is 0.0840. The highest BCUT2D eigenvalue weighted by Gasteiger charge is 2.22. The lowest BCUT2D eigenvalue weighted by Crippen LogP contribution is -2.09. The molecule has 1 aromatic rings. The predicted molar refractivity (Wildman–Crippen MR) is 38.2 cm³/mol. The van der Waals surface area contributed by atoms with Gasteiger partial charge in [-0.15, -0.1) is 0 Å². The van der Waals surface area contributed by atoms with Gasteiger partial charge < -0.3 is 4.65 Å². The zero-order valence-electron chi connectivity index (χ0n) is 5.38. The topological polar surface area (TPSA) is 9.23 Å². The van der Waals surface area contributed by atoms with Crippen LogP contribution < -0.4 is 5.46 Å². The molecule has 0 fully saturated rings. The van der Waals surface area contributed by atoms with Crippen molar-refractivity contribution in [2.75, 3.05) is 0 Å². The maximum atomic E-state index is 12.7. The Labute approximate surface area is 59.1 Å². The Kier molecular flexibility index (Phi) is 1.24. The van der Waals surface area contributed by atoms with Gasteiger partial charge in [0.2, 0.25) is 6.36 Å². The molecule has 0 saturated carbocycles. The van der Waals surface area contributed by atoms with Gasteiger partial charge in [0.05, 0.1) is 0 Å². The van der Waals surface area contributed by atoms with Crippen molar-refractivity contribution >= 4 is 12.9 Å². The minimum absolute atomic E-state index is 0.414. The molecular formula is C7H6BFO. The van der Waals surface area contributed by atoms with E-state index in [9.17, 15) is 4.39 Å². The minimum atomic E-state index is -1.20. The molecule has 1 unspecified atom stereocenters. The number of alkyl halides is 1. The third-order valence-corrected chi connectivity index (χ3v) is 1.68. The van der Waals surface area contributed by atoms with Crippen LogP contribution in [0.1, 0.15) is 11.9 Å². The smallest absolute Gasteiger partial charge is 0.313 e. The first-order valence-electron chi connectivity index (χ1n) is 3.21. The molecule has 1 heterocycles. The second kappa shape index (κ2) is 2.09. The van der Waals surface area contributed by atoms with Gasteiger partial charge in [-0.05, 0) is 5.46 Å². The lowest BCUT2D eigenvalue weighted by atomic mass is 9.88. The van der Waals surface area contributed by atoms with Gasteiger partial charge in [-0.3, -0.25) is 0 Å².